The van der Waals surface area contributed by atoms with E-state index in [9.17, 15) is 36.3 Å². The maximum Gasteiger partial charge on any atom is 0.402 e. The number of aliphatic carboxylic acids is 1. The minimum Gasteiger partial charge on any atom is -0.480 e. The maximum absolute atomic E-state index is 12.8. The van der Waals surface area contributed by atoms with E-state index in [1.165, 1.54) is 30.3 Å². The molecule has 3 atom stereocenters. The Bertz CT molecular complexity index is 798. The fourth-order valence-corrected chi connectivity index (χ4v) is 4.98. The molecule has 11 heteroatoms. The molecule has 0 aliphatic carbocycles. The molecule has 1 amide bonds. The smallest absolute Gasteiger partial charge is 0.402 e. The Kier molecular flexibility index (Phi) is 6.15. The summed E-state index contributed by atoms with van der Waals surface area (Å²) in [5, 5.41) is 7.24. The average Bonchev–Trinajstić information content (AvgIpc) is 3.02. The molecule has 1 heterocycles. The molecule has 0 saturated carbocycles. The summed E-state index contributed by atoms with van der Waals surface area (Å²) in [6.07, 6.45) is -4.47. The Balaban J connectivity index is 2.41. The summed E-state index contributed by atoms with van der Waals surface area (Å²) in [5.41, 5.74) is 5.75. The van der Waals surface area contributed by atoms with Crippen LogP contribution in [0, 0.1) is 0 Å². The molecule has 1 unspecified atom stereocenters. The Labute approximate surface area is 153 Å². The van der Waals surface area contributed by atoms with Crippen molar-refractivity contribution in [2.45, 2.75) is 36.4 Å². The maximum atomic E-state index is 12.8. The minimum atomic E-state index is -5.01. The molecule has 1 aromatic carbocycles. The van der Waals surface area contributed by atoms with Gasteiger partial charge in [-0.15, -0.1) is 0 Å². The molecule has 0 spiro atoms. The monoisotopic (exact) mass is 408 g/mol. The molecule has 1 aromatic rings. The van der Waals surface area contributed by atoms with Crippen molar-refractivity contribution in [2.75, 3.05) is 12.3 Å². The van der Waals surface area contributed by atoms with Gasteiger partial charge in [0.2, 0.25) is 5.91 Å². The Morgan fingerprint density at radius 2 is 1.85 bits per heavy atom. The van der Waals surface area contributed by atoms with Gasteiger partial charge in [-0.1, -0.05) is 30.3 Å². The molecular formula is C16H19F3N2O5S. The molecule has 3 N–H and O–H groups in total. The number of likely N-dealkylation sites (tertiary alicyclic amines) is 1. The Morgan fingerprint density at radius 1 is 1.26 bits per heavy atom. The summed E-state index contributed by atoms with van der Waals surface area (Å²) < 4.78 is 63.2. The summed E-state index contributed by atoms with van der Waals surface area (Å²) >= 11 is 0. The summed E-state index contributed by atoms with van der Waals surface area (Å²) in [4.78, 5) is 24.9. The van der Waals surface area contributed by atoms with Gasteiger partial charge in [0.1, 0.15) is 23.1 Å². The van der Waals surface area contributed by atoms with Crippen molar-refractivity contribution in [2.24, 2.45) is 5.73 Å². The van der Waals surface area contributed by atoms with Crippen LogP contribution in [0.25, 0.3) is 0 Å². The van der Waals surface area contributed by atoms with Gasteiger partial charge >= 0.3 is 12.1 Å². The Hall–Kier alpha value is -2.14. The third-order valence-electron chi connectivity index (χ3n) is 4.31. The molecule has 1 aliphatic rings. The number of hydrogen-bond acceptors (Lipinski definition) is 5. The molecule has 1 saturated heterocycles. The topological polar surface area (TPSA) is 118 Å². The molecule has 0 radical (unpaired) electrons. The number of sulfone groups is 1. The number of rotatable bonds is 6. The number of carbonyl (C=O) groups is 2. The van der Waals surface area contributed by atoms with Crippen molar-refractivity contribution < 1.29 is 36.3 Å². The number of carbonyl (C=O) groups excluding carboxylic acids is 1. The van der Waals surface area contributed by atoms with Gasteiger partial charge < -0.3 is 15.7 Å². The van der Waals surface area contributed by atoms with E-state index in [1.54, 1.807) is 0 Å². The van der Waals surface area contributed by atoms with Crippen LogP contribution in [0.15, 0.2) is 30.3 Å². The highest BCUT2D eigenvalue weighted by molar-refractivity contribution is 7.91. The fraction of sp³-hybridized carbons (Fsp3) is 0.500. The second-order valence-electron chi connectivity index (χ2n) is 6.31. The van der Waals surface area contributed by atoms with Gasteiger partial charge in [0.05, 0.1) is 0 Å². The van der Waals surface area contributed by atoms with Gasteiger partial charge in [-0.2, -0.15) is 13.2 Å². The minimum absolute atomic E-state index is 0.0460. The highest BCUT2D eigenvalue weighted by Crippen LogP contribution is 2.32. The van der Waals surface area contributed by atoms with Gasteiger partial charge in [0.15, 0.2) is 9.84 Å². The normalized spacial score (nSPS) is 20.3. The summed E-state index contributed by atoms with van der Waals surface area (Å²) in [5.74, 6) is -4.41. The molecule has 1 aliphatic heterocycles. The first-order valence-electron chi connectivity index (χ1n) is 8.06. The predicted octanol–water partition coefficient (Wildman–Crippen LogP) is 1.11. The summed E-state index contributed by atoms with van der Waals surface area (Å²) in [7, 11) is -4.89. The molecule has 2 rings (SSSR count). The molecule has 1 fully saturated rings. The van der Waals surface area contributed by atoms with E-state index in [4.69, 9.17) is 5.73 Å². The molecular weight excluding hydrogens is 389 g/mol. The summed E-state index contributed by atoms with van der Waals surface area (Å²) in [6.45, 7) is 0.0460. The lowest BCUT2D eigenvalue weighted by Gasteiger charge is -2.29. The largest absolute Gasteiger partial charge is 0.480 e. The van der Waals surface area contributed by atoms with Crippen LogP contribution in [0.1, 0.15) is 23.7 Å². The number of alkyl halides is 3. The van der Waals surface area contributed by atoms with E-state index in [2.05, 4.69) is 0 Å². The van der Waals surface area contributed by atoms with E-state index in [0.717, 1.165) is 4.90 Å². The van der Waals surface area contributed by atoms with Crippen LogP contribution in [0.5, 0.6) is 0 Å². The lowest BCUT2D eigenvalue weighted by molar-refractivity contribution is -0.148. The van der Waals surface area contributed by atoms with Crippen LogP contribution in [0.3, 0.4) is 0 Å². The predicted molar refractivity (Wildman–Crippen MR) is 89.4 cm³/mol. The second kappa shape index (κ2) is 7.85. The zero-order valence-electron chi connectivity index (χ0n) is 14.1. The number of hydrogen-bond donors (Lipinski definition) is 2. The zero-order chi connectivity index (χ0) is 20.4. The van der Waals surface area contributed by atoms with Crippen LogP contribution in [0.2, 0.25) is 0 Å². The molecule has 7 nitrogen and oxygen atoms in total. The van der Waals surface area contributed by atoms with Gasteiger partial charge in [-0.3, -0.25) is 4.79 Å². The van der Waals surface area contributed by atoms with Crippen LogP contribution in [-0.4, -0.2) is 60.9 Å². The Morgan fingerprint density at radius 3 is 2.37 bits per heavy atom. The average molecular weight is 408 g/mol. The first-order valence-corrected chi connectivity index (χ1v) is 9.78. The van der Waals surface area contributed by atoms with Gasteiger partial charge in [0, 0.05) is 6.54 Å². The number of carboxylic acids is 1. The number of amides is 1. The number of carboxylic acid groups (broad SMARTS) is 1. The van der Waals surface area contributed by atoms with Crippen LogP contribution < -0.4 is 5.73 Å². The quantitative estimate of drug-likeness (QED) is 0.728. The van der Waals surface area contributed by atoms with E-state index in [-0.39, 0.29) is 18.5 Å². The van der Waals surface area contributed by atoms with Crippen LogP contribution in [0.4, 0.5) is 13.2 Å². The fourth-order valence-electron chi connectivity index (χ4n) is 3.21. The SMILES string of the molecule is N[C@@H](C(=O)N1CCC[C@H]1C(=O)O)C(c1ccccc1)S(=O)(=O)CC(F)(F)F. The number of halogens is 3. The van der Waals surface area contributed by atoms with E-state index in [0.29, 0.717) is 6.42 Å². The first kappa shape index (κ1) is 21.2. The molecule has 27 heavy (non-hydrogen) atoms. The highest BCUT2D eigenvalue weighted by Gasteiger charge is 2.46. The van der Waals surface area contributed by atoms with Crippen molar-refractivity contribution in [3.63, 3.8) is 0 Å². The van der Waals surface area contributed by atoms with Gasteiger partial charge in [-0.25, -0.2) is 13.2 Å². The van der Waals surface area contributed by atoms with Gasteiger partial charge in [0.25, 0.3) is 0 Å². The number of benzene rings is 1. The van der Waals surface area contributed by atoms with Crippen molar-refractivity contribution in [3.05, 3.63) is 35.9 Å². The van der Waals surface area contributed by atoms with E-state index in [1.807, 2.05) is 0 Å². The standard InChI is InChI=1S/C16H19F3N2O5S/c17-16(18,19)9-27(25,26)13(10-5-2-1-3-6-10)12(20)14(22)21-8-4-7-11(21)15(23)24/h1-3,5-6,11-13H,4,7-9,20H2,(H,23,24)/t11-,12+,13?/m0/s1. The zero-order valence-corrected chi connectivity index (χ0v) is 14.9. The lowest BCUT2D eigenvalue weighted by atomic mass is 10.0. The molecule has 0 aromatic heterocycles. The molecule has 150 valence electrons. The van der Waals surface area contributed by atoms with Crippen molar-refractivity contribution in [1.82, 2.24) is 4.90 Å². The van der Waals surface area contributed by atoms with Gasteiger partial charge in [-0.05, 0) is 18.4 Å². The second-order valence-corrected chi connectivity index (χ2v) is 8.43. The van der Waals surface area contributed by atoms with E-state index >= 15 is 0 Å². The summed E-state index contributed by atoms with van der Waals surface area (Å²) in [6, 6.07) is 3.86. The number of nitrogens with two attached hydrogens (primary N) is 1. The van der Waals surface area contributed by atoms with Crippen molar-refractivity contribution in [1.29, 1.82) is 0 Å². The third-order valence-corrected chi connectivity index (χ3v) is 6.38. The van der Waals surface area contributed by atoms with Crippen LogP contribution in [-0.2, 0) is 19.4 Å². The van der Waals surface area contributed by atoms with Crippen molar-refractivity contribution in [3.8, 4) is 0 Å². The number of nitrogens with zero attached hydrogens (tertiary/aromatic N) is 1. The highest BCUT2D eigenvalue weighted by atomic mass is 32.2. The van der Waals surface area contributed by atoms with Crippen molar-refractivity contribution >= 4 is 21.7 Å². The first-order chi connectivity index (χ1) is 12.4. The molecule has 0 bridgehead atoms. The van der Waals surface area contributed by atoms with E-state index < -0.39 is 51.0 Å². The lowest BCUT2D eigenvalue weighted by Crippen LogP contribution is -2.52. The third kappa shape index (κ3) is 4.98. The van der Waals surface area contributed by atoms with Crippen LogP contribution >= 0.6 is 0 Å².